The normalized spacial score (nSPS) is 17.6. The van der Waals surface area contributed by atoms with E-state index in [-0.39, 0.29) is 30.0 Å². The van der Waals surface area contributed by atoms with E-state index in [9.17, 15) is 13.6 Å². The molecule has 0 unspecified atom stereocenters. The Bertz CT molecular complexity index is 796. The Morgan fingerprint density at radius 2 is 2.32 bits per heavy atom. The summed E-state index contributed by atoms with van der Waals surface area (Å²) in [7, 11) is 1.81. The number of hydrogen-bond donors (Lipinski definition) is 1. The van der Waals surface area contributed by atoms with Crippen LogP contribution in [0.3, 0.4) is 0 Å². The Balaban J connectivity index is 1.74. The van der Waals surface area contributed by atoms with Crippen LogP contribution in [0.2, 0.25) is 0 Å². The molecule has 1 saturated carbocycles. The van der Waals surface area contributed by atoms with E-state index in [0.29, 0.717) is 24.3 Å². The lowest BCUT2D eigenvalue weighted by Crippen LogP contribution is -2.41. The molecule has 3 rings (SSSR count). The molecule has 0 aromatic carbocycles. The lowest BCUT2D eigenvalue weighted by atomic mass is 9.81. The molecular formula is C14H15F2N5O. The van der Waals surface area contributed by atoms with E-state index in [2.05, 4.69) is 10.1 Å². The highest BCUT2D eigenvalue weighted by Crippen LogP contribution is 2.42. The lowest BCUT2D eigenvalue weighted by Gasteiger charge is -2.37. The average molecular weight is 307 g/mol. The van der Waals surface area contributed by atoms with E-state index in [4.69, 9.17) is 5.26 Å². The monoisotopic (exact) mass is 307 g/mol. The minimum Gasteiger partial charge on any atom is -0.300 e. The highest BCUT2D eigenvalue weighted by Gasteiger charge is 2.45. The van der Waals surface area contributed by atoms with Crippen molar-refractivity contribution in [1.82, 2.24) is 19.5 Å². The molecule has 8 heteroatoms. The van der Waals surface area contributed by atoms with Crippen LogP contribution < -0.4 is 5.56 Å². The summed E-state index contributed by atoms with van der Waals surface area (Å²) in [6.07, 6.45) is 1.26. The van der Waals surface area contributed by atoms with E-state index >= 15 is 0 Å². The fraction of sp³-hybridized carbons (Fsp3) is 0.500. The number of nitriles is 1. The van der Waals surface area contributed by atoms with Gasteiger partial charge in [0.25, 0.3) is 5.56 Å². The predicted octanol–water partition coefficient (Wildman–Crippen LogP) is 1.37. The summed E-state index contributed by atoms with van der Waals surface area (Å²) in [6.45, 7) is 0.915. The Hall–Kier alpha value is -2.27. The van der Waals surface area contributed by atoms with Crippen LogP contribution in [0.5, 0.6) is 0 Å². The van der Waals surface area contributed by atoms with Gasteiger partial charge in [-0.15, -0.1) is 0 Å². The van der Waals surface area contributed by atoms with Crippen LogP contribution >= 0.6 is 0 Å². The maximum absolute atomic E-state index is 12.8. The summed E-state index contributed by atoms with van der Waals surface area (Å²) in [4.78, 5) is 18.1. The van der Waals surface area contributed by atoms with Gasteiger partial charge in [-0.05, 0) is 13.0 Å². The van der Waals surface area contributed by atoms with Gasteiger partial charge >= 0.3 is 0 Å². The van der Waals surface area contributed by atoms with E-state index in [1.165, 1.54) is 16.8 Å². The van der Waals surface area contributed by atoms with Gasteiger partial charge in [0, 0.05) is 38.2 Å². The number of hydrogen-bond acceptors (Lipinski definition) is 4. The third kappa shape index (κ3) is 2.72. The molecule has 2 aromatic rings. The van der Waals surface area contributed by atoms with Gasteiger partial charge in [-0.2, -0.15) is 5.26 Å². The van der Waals surface area contributed by atoms with Crippen molar-refractivity contribution < 1.29 is 8.78 Å². The Morgan fingerprint density at radius 3 is 2.95 bits per heavy atom. The van der Waals surface area contributed by atoms with Crippen molar-refractivity contribution in [2.45, 2.75) is 25.3 Å². The van der Waals surface area contributed by atoms with Crippen molar-refractivity contribution in [1.29, 1.82) is 5.26 Å². The van der Waals surface area contributed by atoms with Gasteiger partial charge in [0.05, 0.1) is 5.69 Å². The van der Waals surface area contributed by atoms with Crippen molar-refractivity contribution in [3.05, 3.63) is 33.9 Å². The second kappa shape index (κ2) is 5.18. The molecule has 0 aliphatic heterocycles. The van der Waals surface area contributed by atoms with E-state index in [0.717, 1.165) is 0 Å². The molecular weight excluding hydrogens is 292 g/mol. The number of aromatic amines is 1. The SMILES string of the molecule is CN(Cc1cc(=O)n2[nH]cc(C#N)c2n1)CC1CC(F)(F)C1. The van der Waals surface area contributed by atoms with Crippen molar-refractivity contribution in [2.75, 3.05) is 13.6 Å². The number of fused-ring (bicyclic) bond motifs is 1. The molecule has 1 N–H and O–H groups in total. The van der Waals surface area contributed by atoms with Gasteiger partial charge in [0.15, 0.2) is 5.65 Å². The number of rotatable bonds is 4. The van der Waals surface area contributed by atoms with E-state index < -0.39 is 5.92 Å². The number of nitrogens with zero attached hydrogens (tertiary/aromatic N) is 4. The average Bonchev–Trinajstić information content (AvgIpc) is 2.79. The van der Waals surface area contributed by atoms with Crippen molar-refractivity contribution in [3.63, 3.8) is 0 Å². The fourth-order valence-electron chi connectivity index (χ4n) is 2.89. The summed E-state index contributed by atoms with van der Waals surface area (Å²) in [5.41, 5.74) is 0.800. The Labute approximate surface area is 125 Å². The predicted molar refractivity (Wildman–Crippen MR) is 74.5 cm³/mol. The standard InChI is InChI=1S/C14H15F2N5O/c1-20(7-9-3-14(15,16)4-9)8-11-2-12(22)21-13(19-11)10(5-17)6-18-21/h2,6,9,18H,3-4,7-8H2,1H3. The molecule has 0 amide bonds. The molecule has 0 saturated heterocycles. The van der Waals surface area contributed by atoms with Crippen molar-refractivity contribution in [2.24, 2.45) is 5.92 Å². The number of alkyl halides is 2. The zero-order valence-electron chi connectivity index (χ0n) is 12.0. The second-order valence-corrected chi connectivity index (χ2v) is 5.87. The van der Waals surface area contributed by atoms with Crippen molar-refractivity contribution in [3.8, 4) is 6.07 Å². The first-order valence-corrected chi connectivity index (χ1v) is 6.94. The fourth-order valence-corrected chi connectivity index (χ4v) is 2.89. The maximum atomic E-state index is 12.8. The summed E-state index contributed by atoms with van der Waals surface area (Å²) < 4.78 is 26.9. The van der Waals surface area contributed by atoms with Gasteiger partial charge in [0.2, 0.25) is 5.92 Å². The minimum atomic E-state index is -2.52. The Kier molecular flexibility index (Phi) is 3.45. The van der Waals surface area contributed by atoms with Crippen LogP contribution in [0.1, 0.15) is 24.1 Å². The van der Waals surface area contributed by atoms with Crippen LogP contribution in [-0.2, 0) is 6.54 Å². The molecule has 0 spiro atoms. The minimum absolute atomic E-state index is 0.0215. The summed E-state index contributed by atoms with van der Waals surface area (Å²) in [5.74, 6) is -2.54. The lowest BCUT2D eigenvalue weighted by molar-refractivity contribution is -0.115. The van der Waals surface area contributed by atoms with Crippen LogP contribution in [0.4, 0.5) is 8.78 Å². The molecule has 6 nitrogen and oxygen atoms in total. The molecule has 2 aromatic heterocycles. The summed E-state index contributed by atoms with van der Waals surface area (Å²) in [5, 5.41) is 11.7. The quantitative estimate of drug-likeness (QED) is 0.925. The van der Waals surface area contributed by atoms with Crippen LogP contribution in [0, 0.1) is 17.2 Å². The summed E-state index contributed by atoms with van der Waals surface area (Å²) >= 11 is 0. The number of halogens is 2. The van der Waals surface area contributed by atoms with E-state index in [1.54, 1.807) is 0 Å². The highest BCUT2D eigenvalue weighted by molar-refractivity contribution is 5.53. The highest BCUT2D eigenvalue weighted by atomic mass is 19.3. The third-order valence-electron chi connectivity index (χ3n) is 3.85. The number of nitrogens with one attached hydrogen (secondary N) is 1. The molecule has 0 bridgehead atoms. The molecule has 2 heterocycles. The van der Waals surface area contributed by atoms with Gasteiger partial charge in [-0.1, -0.05) is 0 Å². The molecule has 22 heavy (non-hydrogen) atoms. The zero-order chi connectivity index (χ0) is 15.9. The molecule has 0 atom stereocenters. The second-order valence-electron chi connectivity index (χ2n) is 5.87. The zero-order valence-corrected chi connectivity index (χ0v) is 12.0. The van der Waals surface area contributed by atoms with Gasteiger partial charge < -0.3 is 4.90 Å². The van der Waals surface area contributed by atoms with Gasteiger partial charge in [-0.25, -0.2) is 18.3 Å². The maximum Gasteiger partial charge on any atom is 0.272 e. The first-order valence-electron chi connectivity index (χ1n) is 6.94. The van der Waals surface area contributed by atoms with Crippen LogP contribution in [0.25, 0.3) is 5.65 Å². The molecule has 1 aliphatic rings. The third-order valence-corrected chi connectivity index (χ3v) is 3.85. The smallest absolute Gasteiger partial charge is 0.272 e. The van der Waals surface area contributed by atoms with Gasteiger partial charge in [-0.3, -0.25) is 9.89 Å². The topological polar surface area (TPSA) is 77.2 Å². The summed E-state index contributed by atoms with van der Waals surface area (Å²) in [6, 6.07) is 3.35. The van der Waals surface area contributed by atoms with Crippen LogP contribution in [0.15, 0.2) is 17.1 Å². The number of H-pyrrole nitrogens is 1. The Morgan fingerprint density at radius 1 is 1.59 bits per heavy atom. The van der Waals surface area contributed by atoms with Gasteiger partial charge in [0.1, 0.15) is 11.6 Å². The largest absolute Gasteiger partial charge is 0.300 e. The van der Waals surface area contributed by atoms with Crippen LogP contribution in [-0.4, -0.2) is 39.0 Å². The molecule has 116 valence electrons. The van der Waals surface area contributed by atoms with Crippen molar-refractivity contribution >= 4 is 5.65 Å². The molecule has 1 fully saturated rings. The van der Waals surface area contributed by atoms with E-state index in [1.807, 2.05) is 18.0 Å². The molecule has 1 aliphatic carbocycles. The molecule has 0 radical (unpaired) electrons. The first kappa shape index (κ1) is 14.7. The number of aromatic nitrogens is 3. The first-order chi connectivity index (χ1) is 10.4.